The lowest BCUT2D eigenvalue weighted by Crippen LogP contribution is -2.12. The van der Waals surface area contributed by atoms with E-state index in [-0.39, 0.29) is 10.9 Å². The Morgan fingerprint density at radius 1 is 1.06 bits per heavy atom. The van der Waals surface area contributed by atoms with Gasteiger partial charge in [-0.25, -0.2) is 0 Å². The fourth-order valence-electron chi connectivity index (χ4n) is 1.43. The molecule has 0 aliphatic carbocycles. The third kappa shape index (κ3) is 2.86. The van der Waals surface area contributed by atoms with Gasteiger partial charge in [-0.15, -0.1) is 0 Å². The Bertz CT molecular complexity index is 601. The first-order chi connectivity index (χ1) is 8.59. The minimum absolute atomic E-state index is 0.253. The minimum Gasteiger partial charge on any atom is -0.321 e. The average molecular weight is 345 g/mol. The molecule has 0 aromatic heterocycles. The minimum atomic E-state index is -0.297. The van der Waals surface area contributed by atoms with Crippen LogP contribution in [0.5, 0.6) is 0 Å². The fraction of sp³-hybridized carbons (Fsp3) is 0. The summed E-state index contributed by atoms with van der Waals surface area (Å²) in [6, 6.07) is 12.3. The van der Waals surface area contributed by atoms with E-state index in [2.05, 4.69) is 21.2 Å². The van der Waals surface area contributed by atoms with Crippen molar-refractivity contribution < 1.29 is 4.79 Å². The van der Waals surface area contributed by atoms with E-state index in [9.17, 15) is 4.79 Å². The molecule has 0 saturated carbocycles. The normalized spacial score (nSPS) is 10.2. The van der Waals surface area contributed by atoms with Gasteiger partial charge in [0.15, 0.2) is 0 Å². The van der Waals surface area contributed by atoms with E-state index in [1.807, 2.05) is 18.2 Å². The lowest BCUT2D eigenvalue weighted by Gasteiger charge is -2.08. The van der Waals surface area contributed by atoms with Crippen molar-refractivity contribution in [3.8, 4) is 0 Å². The van der Waals surface area contributed by atoms with Crippen LogP contribution in [0.4, 0.5) is 5.69 Å². The maximum atomic E-state index is 12.1. The van der Waals surface area contributed by atoms with Gasteiger partial charge in [0.1, 0.15) is 0 Å². The van der Waals surface area contributed by atoms with Gasteiger partial charge in [0, 0.05) is 4.47 Å². The number of hydrogen-bond acceptors (Lipinski definition) is 1. The Morgan fingerprint density at radius 2 is 1.78 bits per heavy atom. The highest BCUT2D eigenvalue weighted by atomic mass is 79.9. The van der Waals surface area contributed by atoms with Crippen LogP contribution in [0.15, 0.2) is 46.9 Å². The number of rotatable bonds is 2. The van der Waals surface area contributed by atoms with Gasteiger partial charge in [-0.1, -0.05) is 41.4 Å². The van der Waals surface area contributed by atoms with Crippen LogP contribution < -0.4 is 5.32 Å². The zero-order valence-electron chi connectivity index (χ0n) is 9.08. The van der Waals surface area contributed by atoms with Crippen LogP contribution in [-0.4, -0.2) is 5.91 Å². The van der Waals surface area contributed by atoms with Gasteiger partial charge in [0.2, 0.25) is 0 Å². The summed E-state index contributed by atoms with van der Waals surface area (Å²) in [7, 11) is 0. The van der Waals surface area contributed by atoms with E-state index in [4.69, 9.17) is 23.2 Å². The van der Waals surface area contributed by atoms with Crippen molar-refractivity contribution in [2.75, 3.05) is 5.32 Å². The van der Waals surface area contributed by atoms with Crippen molar-refractivity contribution in [2.24, 2.45) is 0 Å². The second-order valence-corrected chi connectivity index (χ2v) is 5.17. The van der Waals surface area contributed by atoms with Gasteiger partial charge in [0.25, 0.3) is 5.91 Å². The summed E-state index contributed by atoms with van der Waals surface area (Å²) in [6.45, 7) is 0. The number of anilines is 1. The second-order valence-electron chi connectivity index (χ2n) is 3.54. The predicted octanol–water partition coefficient (Wildman–Crippen LogP) is 5.01. The highest BCUT2D eigenvalue weighted by molar-refractivity contribution is 9.10. The molecule has 5 heteroatoms. The smallest absolute Gasteiger partial charge is 0.257 e. The van der Waals surface area contributed by atoms with Crippen LogP contribution in [0.3, 0.4) is 0 Å². The van der Waals surface area contributed by atoms with E-state index in [0.29, 0.717) is 16.3 Å². The largest absolute Gasteiger partial charge is 0.321 e. The fourth-order valence-corrected chi connectivity index (χ4v) is 2.20. The number of carbonyl (C=O) groups excluding carboxylic acids is 1. The lowest BCUT2D eigenvalue weighted by atomic mass is 10.2. The lowest BCUT2D eigenvalue weighted by molar-refractivity contribution is 0.102. The van der Waals surface area contributed by atoms with Crippen molar-refractivity contribution in [1.82, 2.24) is 0 Å². The van der Waals surface area contributed by atoms with Crippen molar-refractivity contribution in [1.29, 1.82) is 0 Å². The molecule has 0 bridgehead atoms. The quantitative estimate of drug-likeness (QED) is 0.815. The zero-order chi connectivity index (χ0) is 13.1. The molecule has 0 radical (unpaired) electrons. The monoisotopic (exact) mass is 343 g/mol. The van der Waals surface area contributed by atoms with Crippen molar-refractivity contribution >= 4 is 50.7 Å². The molecule has 0 heterocycles. The summed E-state index contributed by atoms with van der Waals surface area (Å²) in [5, 5.41) is 3.38. The van der Waals surface area contributed by atoms with Gasteiger partial charge in [-0.05, 0) is 40.2 Å². The van der Waals surface area contributed by atoms with Crippen LogP contribution in [0.25, 0.3) is 0 Å². The van der Waals surface area contributed by atoms with Crippen LogP contribution in [0.2, 0.25) is 10.0 Å². The molecule has 2 aromatic rings. The van der Waals surface area contributed by atoms with E-state index in [1.54, 1.807) is 24.3 Å². The Kier molecular flexibility index (Phi) is 4.27. The number of amides is 1. The van der Waals surface area contributed by atoms with E-state index in [1.165, 1.54) is 0 Å². The maximum Gasteiger partial charge on any atom is 0.257 e. The summed E-state index contributed by atoms with van der Waals surface area (Å²) >= 11 is 15.2. The first-order valence-corrected chi connectivity index (χ1v) is 6.64. The van der Waals surface area contributed by atoms with Crippen LogP contribution in [0, 0.1) is 0 Å². The molecule has 0 aliphatic heterocycles. The third-order valence-electron chi connectivity index (χ3n) is 2.32. The van der Waals surface area contributed by atoms with Gasteiger partial charge in [0.05, 0.1) is 21.3 Å². The van der Waals surface area contributed by atoms with Crippen LogP contribution in [-0.2, 0) is 0 Å². The average Bonchev–Trinajstić information content (AvgIpc) is 2.35. The number of benzene rings is 2. The number of carbonyl (C=O) groups is 1. The molecule has 0 fully saturated rings. The first kappa shape index (κ1) is 13.4. The topological polar surface area (TPSA) is 29.1 Å². The molecule has 2 nitrogen and oxygen atoms in total. The number of hydrogen-bond donors (Lipinski definition) is 1. The summed E-state index contributed by atoms with van der Waals surface area (Å²) in [5.74, 6) is -0.297. The first-order valence-electron chi connectivity index (χ1n) is 5.09. The Labute approximate surface area is 123 Å². The summed E-state index contributed by atoms with van der Waals surface area (Å²) in [5.41, 5.74) is 1.03. The van der Waals surface area contributed by atoms with E-state index in [0.717, 1.165) is 4.47 Å². The molecule has 92 valence electrons. The van der Waals surface area contributed by atoms with E-state index < -0.39 is 0 Å². The Balaban J connectivity index is 2.28. The van der Waals surface area contributed by atoms with Gasteiger partial charge in [-0.3, -0.25) is 4.79 Å². The molecule has 0 saturated heterocycles. The highest BCUT2D eigenvalue weighted by Gasteiger charge is 2.13. The van der Waals surface area contributed by atoms with Gasteiger partial charge >= 0.3 is 0 Å². The van der Waals surface area contributed by atoms with Crippen molar-refractivity contribution in [2.45, 2.75) is 0 Å². The molecule has 1 amide bonds. The molecule has 0 atom stereocenters. The summed E-state index contributed by atoms with van der Waals surface area (Å²) in [4.78, 5) is 12.1. The zero-order valence-corrected chi connectivity index (χ0v) is 12.2. The number of para-hydroxylation sites is 1. The molecular formula is C13H8BrCl2NO. The maximum absolute atomic E-state index is 12.1. The Hall–Kier alpha value is -1.03. The highest BCUT2D eigenvalue weighted by Crippen LogP contribution is 2.27. The van der Waals surface area contributed by atoms with Crippen molar-refractivity contribution in [3.63, 3.8) is 0 Å². The van der Waals surface area contributed by atoms with Gasteiger partial charge < -0.3 is 5.32 Å². The number of halogens is 3. The molecule has 0 unspecified atom stereocenters. The molecule has 0 aliphatic rings. The second kappa shape index (κ2) is 5.74. The predicted molar refractivity (Wildman–Crippen MR) is 78.6 cm³/mol. The number of nitrogens with one attached hydrogen (secondary N) is 1. The third-order valence-corrected chi connectivity index (χ3v) is 3.83. The molecule has 2 rings (SSSR count). The van der Waals surface area contributed by atoms with E-state index >= 15 is 0 Å². The van der Waals surface area contributed by atoms with Crippen LogP contribution >= 0.6 is 39.1 Å². The SMILES string of the molecule is O=C(Nc1ccccc1Br)c1cccc(Cl)c1Cl. The molecular weight excluding hydrogens is 337 g/mol. The van der Waals surface area contributed by atoms with Crippen molar-refractivity contribution in [3.05, 3.63) is 62.5 Å². The summed E-state index contributed by atoms with van der Waals surface area (Å²) in [6.07, 6.45) is 0. The Morgan fingerprint density at radius 3 is 2.50 bits per heavy atom. The van der Waals surface area contributed by atoms with Crippen LogP contribution in [0.1, 0.15) is 10.4 Å². The molecule has 2 aromatic carbocycles. The van der Waals surface area contributed by atoms with Gasteiger partial charge in [-0.2, -0.15) is 0 Å². The molecule has 18 heavy (non-hydrogen) atoms. The molecule has 1 N–H and O–H groups in total. The summed E-state index contributed by atoms with van der Waals surface area (Å²) < 4.78 is 0.802. The molecule has 0 spiro atoms. The standard InChI is InChI=1S/C13H8BrCl2NO/c14-9-5-1-2-7-11(9)17-13(18)8-4-3-6-10(15)12(8)16/h1-7H,(H,17,18).